The zero-order valence-corrected chi connectivity index (χ0v) is 18.1. The van der Waals surface area contributed by atoms with E-state index in [1.807, 2.05) is 42.9 Å². The second-order valence-corrected chi connectivity index (χ2v) is 8.52. The lowest BCUT2D eigenvalue weighted by atomic mass is 10.0. The van der Waals surface area contributed by atoms with Gasteiger partial charge in [-0.2, -0.15) is 0 Å². The molecule has 2 aliphatic rings. The molecule has 1 atom stereocenters. The molecule has 0 spiro atoms. The van der Waals surface area contributed by atoms with Crippen LogP contribution in [0, 0.1) is 0 Å². The minimum Gasteiger partial charge on any atom is -0.342 e. The predicted octanol–water partition coefficient (Wildman–Crippen LogP) is 5.00. The first kappa shape index (κ1) is 19.1. The van der Waals surface area contributed by atoms with Crippen molar-refractivity contribution in [3.8, 4) is 28.2 Å². The molecule has 3 aromatic heterocycles. The molecule has 4 heterocycles. The number of benzene rings is 1. The van der Waals surface area contributed by atoms with Crippen molar-refractivity contribution >= 4 is 5.82 Å². The SMILES string of the molecule is CCC1c2nncn2-c2cnc(-c3ccncc3-c3ccccc3)nc2N1C1CCCC1. The molecule has 0 amide bonds. The number of hydrogen-bond acceptors (Lipinski definition) is 6. The van der Waals surface area contributed by atoms with Gasteiger partial charge in [-0.15, -0.1) is 10.2 Å². The molecule has 4 aromatic rings. The van der Waals surface area contributed by atoms with Gasteiger partial charge in [-0.3, -0.25) is 9.55 Å². The van der Waals surface area contributed by atoms with Crippen LogP contribution in [0.25, 0.3) is 28.2 Å². The van der Waals surface area contributed by atoms with Crippen LogP contribution < -0.4 is 4.90 Å². The third kappa shape index (κ3) is 2.99. The number of aromatic nitrogens is 6. The third-order valence-electron chi connectivity index (χ3n) is 6.71. The highest BCUT2D eigenvalue weighted by Gasteiger charge is 2.38. The Kier molecular flexibility index (Phi) is 4.67. The summed E-state index contributed by atoms with van der Waals surface area (Å²) in [7, 11) is 0. The van der Waals surface area contributed by atoms with Gasteiger partial charge in [-0.1, -0.05) is 50.1 Å². The second-order valence-electron chi connectivity index (χ2n) is 8.52. The quantitative estimate of drug-likeness (QED) is 0.460. The normalized spacial score (nSPS) is 17.9. The first-order chi connectivity index (χ1) is 15.8. The van der Waals surface area contributed by atoms with Gasteiger partial charge in [0, 0.05) is 29.6 Å². The first-order valence-electron chi connectivity index (χ1n) is 11.4. The maximum Gasteiger partial charge on any atom is 0.162 e. The Morgan fingerprint density at radius 2 is 1.84 bits per heavy atom. The van der Waals surface area contributed by atoms with E-state index in [-0.39, 0.29) is 6.04 Å². The molecule has 32 heavy (non-hydrogen) atoms. The highest BCUT2D eigenvalue weighted by atomic mass is 15.4. The smallest absolute Gasteiger partial charge is 0.162 e. The summed E-state index contributed by atoms with van der Waals surface area (Å²) in [5.74, 6) is 2.69. The first-order valence-corrected chi connectivity index (χ1v) is 11.4. The molecular formula is C25H25N7. The molecule has 1 aromatic carbocycles. The van der Waals surface area contributed by atoms with E-state index in [9.17, 15) is 0 Å². The van der Waals surface area contributed by atoms with E-state index in [1.165, 1.54) is 25.7 Å². The third-order valence-corrected chi connectivity index (χ3v) is 6.71. The van der Waals surface area contributed by atoms with Crippen molar-refractivity contribution in [2.75, 3.05) is 4.90 Å². The lowest BCUT2D eigenvalue weighted by Crippen LogP contribution is -2.42. The average Bonchev–Trinajstić information content (AvgIpc) is 3.56. The monoisotopic (exact) mass is 423 g/mol. The Bertz CT molecular complexity index is 1240. The van der Waals surface area contributed by atoms with E-state index >= 15 is 0 Å². The number of rotatable bonds is 4. The molecule has 0 radical (unpaired) electrons. The summed E-state index contributed by atoms with van der Waals surface area (Å²) >= 11 is 0. The van der Waals surface area contributed by atoms with Crippen molar-refractivity contribution < 1.29 is 0 Å². The standard InChI is InChI=1S/C25H25N7/c1-2-21-25-30-28-16-31(25)22-15-27-23(29-24(22)32(21)18-10-6-7-11-18)19-12-13-26-14-20(19)17-8-4-3-5-9-17/h3-5,8-9,12-16,18,21H,2,6-7,10-11H2,1H3. The van der Waals surface area contributed by atoms with Crippen LogP contribution in [-0.4, -0.2) is 35.8 Å². The molecule has 0 bridgehead atoms. The minimum atomic E-state index is 0.168. The lowest BCUT2D eigenvalue weighted by molar-refractivity contribution is 0.469. The van der Waals surface area contributed by atoms with E-state index in [0.717, 1.165) is 46.3 Å². The number of nitrogens with zero attached hydrogens (tertiary/aromatic N) is 7. The number of pyridine rings is 1. The molecule has 1 unspecified atom stereocenters. The van der Waals surface area contributed by atoms with Gasteiger partial charge in [0.25, 0.3) is 0 Å². The minimum absolute atomic E-state index is 0.168. The van der Waals surface area contributed by atoms with Crippen LogP contribution in [0.5, 0.6) is 0 Å². The molecule has 1 aliphatic heterocycles. The van der Waals surface area contributed by atoms with Crippen molar-refractivity contribution in [3.05, 3.63) is 67.1 Å². The topological polar surface area (TPSA) is 72.6 Å². The van der Waals surface area contributed by atoms with Gasteiger partial charge < -0.3 is 4.90 Å². The molecule has 1 saturated carbocycles. The highest BCUT2D eigenvalue weighted by molar-refractivity contribution is 5.80. The molecule has 7 heteroatoms. The summed E-state index contributed by atoms with van der Waals surface area (Å²) < 4.78 is 2.06. The van der Waals surface area contributed by atoms with E-state index in [0.29, 0.717) is 6.04 Å². The van der Waals surface area contributed by atoms with Crippen LogP contribution in [0.3, 0.4) is 0 Å². The Hall–Kier alpha value is -3.61. The Morgan fingerprint density at radius 3 is 2.66 bits per heavy atom. The van der Waals surface area contributed by atoms with Gasteiger partial charge >= 0.3 is 0 Å². The summed E-state index contributed by atoms with van der Waals surface area (Å²) in [6, 6.07) is 13.0. The van der Waals surface area contributed by atoms with Gasteiger partial charge in [0.2, 0.25) is 0 Å². The molecule has 7 nitrogen and oxygen atoms in total. The maximum atomic E-state index is 5.18. The number of hydrogen-bond donors (Lipinski definition) is 0. The molecule has 1 aliphatic carbocycles. The molecule has 6 rings (SSSR count). The second kappa shape index (κ2) is 7.82. The molecule has 0 saturated heterocycles. The van der Waals surface area contributed by atoms with E-state index < -0.39 is 0 Å². The fraction of sp³-hybridized carbons (Fsp3) is 0.320. The fourth-order valence-corrected chi connectivity index (χ4v) is 5.21. The van der Waals surface area contributed by atoms with Gasteiger partial charge in [-0.05, 0) is 30.9 Å². The largest absolute Gasteiger partial charge is 0.342 e. The van der Waals surface area contributed by atoms with Crippen molar-refractivity contribution in [1.29, 1.82) is 0 Å². The van der Waals surface area contributed by atoms with Gasteiger partial charge in [0.15, 0.2) is 17.5 Å². The van der Waals surface area contributed by atoms with Gasteiger partial charge in [0.1, 0.15) is 12.0 Å². The molecule has 160 valence electrons. The van der Waals surface area contributed by atoms with Crippen molar-refractivity contribution in [2.45, 2.75) is 51.1 Å². The Labute approximate surface area is 187 Å². The summed E-state index contributed by atoms with van der Waals surface area (Å²) in [6.45, 7) is 2.22. The van der Waals surface area contributed by atoms with Crippen LogP contribution in [0.15, 0.2) is 61.3 Å². The van der Waals surface area contributed by atoms with E-state index in [1.54, 1.807) is 6.33 Å². The molecule has 1 fully saturated rings. The lowest BCUT2D eigenvalue weighted by Gasteiger charge is -2.40. The molecule has 0 N–H and O–H groups in total. The summed E-state index contributed by atoms with van der Waals surface area (Å²) in [4.78, 5) is 16.9. The van der Waals surface area contributed by atoms with Crippen molar-refractivity contribution in [3.63, 3.8) is 0 Å². The summed E-state index contributed by atoms with van der Waals surface area (Å²) in [5, 5.41) is 8.69. The van der Waals surface area contributed by atoms with Gasteiger partial charge in [0.05, 0.1) is 12.2 Å². The van der Waals surface area contributed by atoms with Crippen LogP contribution in [0.4, 0.5) is 5.82 Å². The number of anilines is 1. The Balaban J connectivity index is 1.53. The van der Waals surface area contributed by atoms with E-state index in [4.69, 9.17) is 9.97 Å². The van der Waals surface area contributed by atoms with Crippen molar-refractivity contribution in [2.24, 2.45) is 0 Å². The van der Waals surface area contributed by atoms with Gasteiger partial charge in [-0.25, -0.2) is 9.97 Å². The van der Waals surface area contributed by atoms with Crippen LogP contribution in [0.2, 0.25) is 0 Å². The maximum absolute atomic E-state index is 5.18. The van der Waals surface area contributed by atoms with Crippen molar-refractivity contribution in [1.82, 2.24) is 29.7 Å². The zero-order chi connectivity index (χ0) is 21.5. The summed E-state index contributed by atoms with van der Waals surface area (Å²) in [5.41, 5.74) is 4.09. The zero-order valence-electron chi connectivity index (χ0n) is 18.1. The summed E-state index contributed by atoms with van der Waals surface area (Å²) in [6.07, 6.45) is 13.3. The van der Waals surface area contributed by atoms with E-state index in [2.05, 4.69) is 43.7 Å². The Morgan fingerprint density at radius 1 is 1.00 bits per heavy atom. The average molecular weight is 424 g/mol. The fourth-order valence-electron chi connectivity index (χ4n) is 5.21. The predicted molar refractivity (Wildman–Crippen MR) is 123 cm³/mol. The molecular weight excluding hydrogens is 398 g/mol. The highest BCUT2D eigenvalue weighted by Crippen LogP contribution is 2.43. The van der Waals surface area contributed by atoms with Crippen LogP contribution >= 0.6 is 0 Å². The number of fused-ring (bicyclic) bond motifs is 3. The van der Waals surface area contributed by atoms with Crippen LogP contribution in [0.1, 0.15) is 50.9 Å². The van der Waals surface area contributed by atoms with Crippen LogP contribution in [-0.2, 0) is 0 Å².